The number of morpholine rings is 1. The summed E-state index contributed by atoms with van der Waals surface area (Å²) < 4.78 is 17.9. The van der Waals surface area contributed by atoms with Gasteiger partial charge in [-0.05, 0) is 25.2 Å². The van der Waals surface area contributed by atoms with E-state index in [-0.39, 0.29) is 52.7 Å². The SMILES string of the molecule is [NH3+][C@@H]1CCCC[C@@H]1NC1CC2CNC(=O)C2C(NC2NCC(C3COC4C(=O)C=C(N5CCOCC5)OC43)S2)N1. The molecule has 40 heavy (non-hydrogen) atoms. The molecule has 7 aliphatic rings. The molecule has 13 heteroatoms. The fourth-order valence-corrected chi connectivity index (χ4v) is 9.06. The van der Waals surface area contributed by atoms with Gasteiger partial charge in [0.25, 0.3) is 0 Å². The first-order valence-corrected chi connectivity index (χ1v) is 16.1. The predicted octanol–water partition coefficient (Wildman–Crippen LogP) is -2.13. The molecule has 7 rings (SSSR count). The molecule has 6 heterocycles. The molecule has 1 amide bonds. The number of nitrogens with one attached hydrogen (secondary N) is 5. The van der Waals surface area contributed by atoms with Gasteiger partial charge in [-0.3, -0.25) is 30.9 Å². The lowest BCUT2D eigenvalue weighted by Gasteiger charge is -2.42. The second-order valence-corrected chi connectivity index (χ2v) is 13.7. The molecule has 0 aromatic heterocycles. The topological polar surface area (TPSA) is 153 Å². The van der Waals surface area contributed by atoms with Crippen molar-refractivity contribution in [3.05, 3.63) is 12.0 Å². The molecular formula is C27H44N7O5S+. The number of rotatable bonds is 6. The number of hydrogen-bond donors (Lipinski definition) is 6. The molecular weight excluding hydrogens is 534 g/mol. The Kier molecular flexibility index (Phi) is 7.99. The van der Waals surface area contributed by atoms with E-state index in [2.05, 4.69) is 37.2 Å². The Bertz CT molecular complexity index is 998. The van der Waals surface area contributed by atoms with Gasteiger partial charge in [0.15, 0.2) is 17.8 Å². The summed E-state index contributed by atoms with van der Waals surface area (Å²) in [7, 11) is 0. The third-order valence-electron chi connectivity index (χ3n) is 9.89. The number of ketones is 1. The molecule has 11 atom stereocenters. The molecule has 6 aliphatic heterocycles. The highest BCUT2D eigenvalue weighted by molar-refractivity contribution is 8.00. The van der Waals surface area contributed by atoms with Gasteiger partial charge in [-0.15, -0.1) is 11.8 Å². The van der Waals surface area contributed by atoms with E-state index in [0.29, 0.717) is 43.7 Å². The Morgan fingerprint density at radius 1 is 1.10 bits per heavy atom. The third kappa shape index (κ3) is 5.39. The Morgan fingerprint density at radius 2 is 1.95 bits per heavy atom. The molecule has 0 aromatic carbocycles. The van der Waals surface area contributed by atoms with Gasteiger partial charge in [-0.25, -0.2) is 0 Å². The molecule has 5 saturated heterocycles. The highest BCUT2D eigenvalue weighted by Crippen LogP contribution is 2.40. The molecule has 1 saturated carbocycles. The van der Waals surface area contributed by atoms with Gasteiger partial charge in [-0.1, -0.05) is 6.42 Å². The summed E-state index contributed by atoms with van der Waals surface area (Å²) >= 11 is 1.82. The number of thioether (sulfide) groups is 1. The number of carbonyl (C=O) groups is 2. The number of ether oxygens (including phenoxy) is 3. The molecule has 0 radical (unpaired) electrons. The van der Waals surface area contributed by atoms with E-state index >= 15 is 0 Å². The van der Waals surface area contributed by atoms with Crippen LogP contribution in [0.15, 0.2) is 12.0 Å². The molecule has 9 unspecified atom stereocenters. The van der Waals surface area contributed by atoms with Crippen molar-refractivity contribution in [1.82, 2.24) is 31.5 Å². The van der Waals surface area contributed by atoms with Gasteiger partial charge in [0.2, 0.25) is 5.91 Å². The predicted molar refractivity (Wildman–Crippen MR) is 147 cm³/mol. The van der Waals surface area contributed by atoms with Crippen molar-refractivity contribution >= 4 is 23.5 Å². The first-order valence-electron chi connectivity index (χ1n) is 15.2. The Labute approximate surface area is 239 Å². The van der Waals surface area contributed by atoms with Crippen molar-refractivity contribution in [2.75, 3.05) is 46.0 Å². The van der Waals surface area contributed by atoms with E-state index in [4.69, 9.17) is 14.2 Å². The number of piperidine rings is 1. The maximum Gasteiger partial charge on any atom is 0.226 e. The summed E-state index contributed by atoms with van der Waals surface area (Å²) in [4.78, 5) is 27.9. The van der Waals surface area contributed by atoms with E-state index in [0.717, 1.165) is 39.0 Å². The third-order valence-corrected chi connectivity index (χ3v) is 11.3. The zero-order valence-electron chi connectivity index (χ0n) is 23.0. The normalized spacial score (nSPS) is 45.5. The monoisotopic (exact) mass is 578 g/mol. The van der Waals surface area contributed by atoms with Gasteiger partial charge in [0, 0.05) is 49.8 Å². The number of amides is 1. The van der Waals surface area contributed by atoms with E-state index < -0.39 is 6.10 Å². The van der Waals surface area contributed by atoms with Crippen LogP contribution in [0.4, 0.5) is 0 Å². The van der Waals surface area contributed by atoms with Crippen LogP contribution in [-0.4, -0.2) is 110 Å². The molecule has 8 N–H and O–H groups in total. The number of fused-ring (bicyclic) bond motifs is 2. The maximum atomic E-state index is 12.9. The maximum absolute atomic E-state index is 12.9. The van der Waals surface area contributed by atoms with Crippen molar-refractivity contribution in [3.63, 3.8) is 0 Å². The fourth-order valence-electron chi connectivity index (χ4n) is 7.66. The van der Waals surface area contributed by atoms with Gasteiger partial charge in [-0.2, -0.15) is 0 Å². The van der Waals surface area contributed by atoms with Crippen LogP contribution in [0.25, 0.3) is 0 Å². The summed E-state index contributed by atoms with van der Waals surface area (Å²) in [6.07, 6.45) is 6.59. The zero-order valence-corrected chi connectivity index (χ0v) is 23.8. The highest BCUT2D eigenvalue weighted by Gasteiger charge is 2.52. The van der Waals surface area contributed by atoms with Crippen LogP contribution in [0.3, 0.4) is 0 Å². The second kappa shape index (κ2) is 11.7. The standard InChI is InChI=1S/C27H43N7O5S/c28-16-3-1-2-4-17(16)31-20-9-14-11-29-26(36)22(14)25(32-20)33-27-30-12-19(40-27)15-13-38-24-18(35)10-21(39-23(15)24)34-5-7-37-8-6-34/h10,14-17,19-20,22-25,27,30-33H,1-9,11-13,28H2,(H,29,36)/p+1/t14?,15?,16-,17+,19?,20?,22?,23?,24?,25?,27?/m1/s1. The van der Waals surface area contributed by atoms with Crippen LogP contribution in [0.5, 0.6) is 0 Å². The summed E-state index contributed by atoms with van der Waals surface area (Å²) in [5, 5.41) is 18.3. The van der Waals surface area contributed by atoms with Crippen molar-refractivity contribution in [1.29, 1.82) is 0 Å². The van der Waals surface area contributed by atoms with E-state index in [1.165, 1.54) is 19.3 Å². The molecule has 0 bridgehead atoms. The Hall–Kier alpha value is -1.45. The quantitative estimate of drug-likeness (QED) is 0.205. The smallest absolute Gasteiger partial charge is 0.226 e. The molecule has 0 aromatic rings. The minimum Gasteiger partial charge on any atom is -0.472 e. The second-order valence-electron chi connectivity index (χ2n) is 12.4. The number of hydrogen-bond acceptors (Lipinski definition) is 11. The first kappa shape index (κ1) is 27.4. The lowest BCUT2D eigenvalue weighted by Crippen LogP contribution is -2.73. The van der Waals surface area contributed by atoms with Gasteiger partial charge in [0.05, 0.1) is 50.2 Å². The average Bonchev–Trinajstić information content (AvgIpc) is 3.69. The largest absolute Gasteiger partial charge is 0.472 e. The molecule has 6 fully saturated rings. The Morgan fingerprint density at radius 3 is 2.80 bits per heavy atom. The van der Waals surface area contributed by atoms with Crippen LogP contribution < -0.4 is 32.3 Å². The van der Waals surface area contributed by atoms with Gasteiger partial charge < -0.3 is 30.2 Å². The summed E-state index contributed by atoms with van der Waals surface area (Å²) in [6.45, 7) is 4.76. The summed E-state index contributed by atoms with van der Waals surface area (Å²) in [5.74, 6) is 1.08. The van der Waals surface area contributed by atoms with E-state index in [1.54, 1.807) is 6.08 Å². The van der Waals surface area contributed by atoms with Gasteiger partial charge >= 0.3 is 0 Å². The van der Waals surface area contributed by atoms with Gasteiger partial charge in [0.1, 0.15) is 11.6 Å². The zero-order chi connectivity index (χ0) is 27.2. The highest BCUT2D eigenvalue weighted by atomic mass is 32.2. The van der Waals surface area contributed by atoms with Crippen LogP contribution in [0.1, 0.15) is 32.1 Å². The minimum absolute atomic E-state index is 0.00316. The molecule has 1 aliphatic carbocycles. The minimum atomic E-state index is -0.533. The van der Waals surface area contributed by atoms with Crippen molar-refractivity contribution in [2.45, 2.75) is 79.5 Å². The molecule has 0 spiro atoms. The molecule has 12 nitrogen and oxygen atoms in total. The van der Waals surface area contributed by atoms with E-state index in [9.17, 15) is 9.59 Å². The summed E-state index contributed by atoms with van der Waals surface area (Å²) in [6, 6.07) is 0.850. The van der Waals surface area contributed by atoms with Crippen LogP contribution in [0, 0.1) is 17.8 Å². The Balaban J connectivity index is 0.985. The summed E-state index contributed by atoms with van der Waals surface area (Å²) in [5.41, 5.74) is 4.38. The molecule has 222 valence electrons. The number of nitrogens with zero attached hydrogens (tertiary/aromatic N) is 1. The first-order chi connectivity index (χ1) is 19.5. The lowest BCUT2D eigenvalue weighted by atomic mass is 9.84. The lowest BCUT2D eigenvalue weighted by molar-refractivity contribution is -0.431. The fraction of sp³-hybridized carbons (Fsp3) is 0.852. The van der Waals surface area contributed by atoms with E-state index in [1.807, 2.05) is 11.8 Å². The van der Waals surface area contributed by atoms with Crippen LogP contribution in [0.2, 0.25) is 0 Å². The number of quaternary nitrogens is 1. The average molecular weight is 579 g/mol. The van der Waals surface area contributed by atoms with Crippen molar-refractivity contribution < 1.29 is 29.5 Å². The van der Waals surface area contributed by atoms with Crippen LogP contribution in [-0.2, 0) is 23.8 Å². The van der Waals surface area contributed by atoms with Crippen LogP contribution >= 0.6 is 11.8 Å². The van der Waals surface area contributed by atoms with Crippen molar-refractivity contribution in [2.24, 2.45) is 17.8 Å². The number of carbonyl (C=O) groups excluding carboxylic acids is 2. The van der Waals surface area contributed by atoms with Crippen molar-refractivity contribution in [3.8, 4) is 0 Å².